The van der Waals surface area contributed by atoms with Crippen molar-refractivity contribution in [1.29, 1.82) is 0 Å². The lowest BCUT2D eigenvalue weighted by molar-refractivity contribution is -0.0380. The van der Waals surface area contributed by atoms with E-state index in [9.17, 15) is 15.3 Å². The van der Waals surface area contributed by atoms with Crippen LogP contribution in [0.1, 0.15) is 19.3 Å². The molecular formula is C9H21NO5. The van der Waals surface area contributed by atoms with Crippen molar-refractivity contribution in [2.45, 2.75) is 43.6 Å². The predicted molar refractivity (Wildman–Crippen MR) is 54.0 cm³/mol. The summed E-state index contributed by atoms with van der Waals surface area (Å²) in [6.45, 7) is -0.309. The molecule has 6 nitrogen and oxygen atoms in total. The molecule has 92 valence electrons. The van der Waals surface area contributed by atoms with Crippen LogP contribution >= 0.6 is 0 Å². The first-order valence-corrected chi connectivity index (χ1v) is 5.06. The monoisotopic (exact) mass is 223 g/mol. The van der Waals surface area contributed by atoms with E-state index in [1.165, 1.54) is 0 Å². The molecule has 4 unspecified atom stereocenters. The first-order valence-electron chi connectivity index (χ1n) is 5.06. The zero-order valence-corrected chi connectivity index (χ0v) is 8.66. The third kappa shape index (κ3) is 5.41. The van der Waals surface area contributed by atoms with E-state index >= 15 is 0 Å². The van der Waals surface area contributed by atoms with Crippen molar-refractivity contribution >= 4 is 0 Å². The van der Waals surface area contributed by atoms with Crippen molar-refractivity contribution in [1.82, 2.24) is 0 Å². The normalized spacial score (nSPS) is 19.6. The highest BCUT2D eigenvalue weighted by Gasteiger charge is 2.28. The third-order valence-electron chi connectivity index (χ3n) is 2.32. The topological polar surface area (TPSA) is 127 Å². The second-order valence-electron chi connectivity index (χ2n) is 3.58. The van der Waals surface area contributed by atoms with Crippen LogP contribution in [0.25, 0.3) is 0 Å². The second kappa shape index (κ2) is 7.98. The molecule has 4 atom stereocenters. The summed E-state index contributed by atoms with van der Waals surface area (Å²) in [5.74, 6) is 0. The minimum Gasteiger partial charge on any atom is -0.396 e. The minimum absolute atomic E-state index is 0.0155. The van der Waals surface area contributed by atoms with Crippen LogP contribution in [0.3, 0.4) is 0 Å². The van der Waals surface area contributed by atoms with Gasteiger partial charge in [-0.1, -0.05) is 0 Å². The molecule has 6 heteroatoms. The number of hydrogen-bond acceptors (Lipinski definition) is 6. The highest BCUT2D eigenvalue weighted by atomic mass is 16.3. The largest absolute Gasteiger partial charge is 0.396 e. The maximum absolute atomic E-state index is 9.48. The van der Waals surface area contributed by atoms with Crippen molar-refractivity contribution < 1.29 is 25.5 Å². The van der Waals surface area contributed by atoms with E-state index in [1.807, 2.05) is 0 Å². The summed E-state index contributed by atoms with van der Waals surface area (Å²) in [5.41, 5.74) is 5.51. The van der Waals surface area contributed by atoms with Gasteiger partial charge in [-0.2, -0.15) is 0 Å². The van der Waals surface area contributed by atoms with E-state index in [-0.39, 0.29) is 26.1 Å². The molecule has 0 aromatic rings. The van der Waals surface area contributed by atoms with Gasteiger partial charge in [-0.3, -0.25) is 0 Å². The standard InChI is InChI=1S/C9H21NO5/c10-8(6(13)2-1-4-11)9(15)7(14)3-5-12/h6-9,11-15H,1-5,10H2. The highest BCUT2D eigenvalue weighted by molar-refractivity contribution is 4.84. The van der Waals surface area contributed by atoms with E-state index in [2.05, 4.69) is 0 Å². The van der Waals surface area contributed by atoms with Crippen molar-refractivity contribution in [2.24, 2.45) is 5.73 Å². The lowest BCUT2D eigenvalue weighted by Gasteiger charge is -2.27. The maximum Gasteiger partial charge on any atom is 0.0975 e. The predicted octanol–water partition coefficient (Wildman–Crippen LogP) is -2.45. The third-order valence-corrected chi connectivity index (χ3v) is 2.32. The quantitative estimate of drug-likeness (QED) is 0.271. The first-order chi connectivity index (χ1) is 7.04. The zero-order valence-electron chi connectivity index (χ0n) is 8.66. The average Bonchev–Trinajstić information content (AvgIpc) is 2.24. The van der Waals surface area contributed by atoms with Gasteiger partial charge in [-0.05, 0) is 19.3 Å². The number of aliphatic hydroxyl groups excluding tert-OH is 5. The molecule has 0 spiro atoms. The summed E-state index contributed by atoms with van der Waals surface area (Å²) in [4.78, 5) is 0. The van der Waals surface area contributed by atoms with Crippen molar-refractivity contribution in [3.05, 3.63) is 0 Å². The molecule has 0 saturated carbocycles. The zero-order chi connectivity index (χ0) is 11.8. The van der Waals surface area contributed by atoms with Gasteiger partial charge in [0.05, 0.1) is 24.4 Å². The van der Waals surface area contributed by atoms with Gasteiger partial charge in [0.15, 0.2) is 0 Å². The van der Waals surface area contributed by atoms with Gasteiger partial charge in [0.2, 0.25) is 0 Å². The molecule has 0 aliphatic rings. The molecule has 7 N–H and O–H groups in total. The average molecular weight is 223 g/mol. The Kier molecular flexibility index (Phi) is 7.85. The molecule has 0 bridgehead atoms. The molecular weight excluding hydrogens is 202 g/mol. The van der Waals surface area contributed by atoms with Crippen LogP contribution < -0.4 is 5.73 Å². The number of rotatable bonds is 8. The molecule has 0 aliphatic heterocycles. The van der Waals surface area contributed by atoms with Crippen LogP contribution in [0.2, 0.25) is 0 Å². The van der Waals surface area contributed by atoms with Crippen LogP contribution in [-0.4, -0.2) is 63.1 Å². The van der Waals surface area contributed by atoms with E-state index in [0.29, 0.717) is 6.42 Å². The lowest BCUT2D eigenvalue weighted by Crippen LogP contribution is -2.50. The number of nitrogens with two attached hydrogens (primary N) is 1. The summed E-state index contributed by atoms with van der Waals surface area (Å²) >= 11 is 0. The molecule has 0 amide bonds. The molecule has 0 aromatic heterocycles. The Morgan fingerprint density at radius 2 is 1.47 bits per heavy atom. The highest BCUT2D eigenvalue weighted by Crippen LogP contribution is 2.09. The van der Waals surface area contributed by atoms with Crippen LogP contribution in [0.15, 0.2) is 0 Å². The Labute approximate surface area is 89.0 Å². The molecule has 0 rings (SSSR count). The van der Waals surface area contributed by atoms with Crippen LogP contribution in [0.4, 0.5) is 0 Å². The van der Waals surface area contributed by atoms with Gasteiger partial charge in [0, 0.05) is 13.2 Å². The number of hydrogen-bond donors (Lipinski definition) is 6. The van der Waals surface area contributed by atoms with Gasteiger partial charge in [0.25, 0.3) is 0 Å². The van der Waals surface area contributed by atoms with Gasteiger partial charge in [0.1, 0.15) is 0 Å². The molecule has 0 aliphatic carbocycles. The van der Waals surface area contributed by atoms with E-state index in [1.54, 1.807) is 0 Å². The Morgan fingerprint density at radius 1 is 0.867 bits per heavy atom. The molecule has 0 fully saturated rings. The van der Waals surface area contributed by atoms with Crippen molar-refractivity contribution in [3.8, 4) is 0 Å². The summed E-state index contributed by atoms with van der Waals surface area (Å²) in [6.07, 6.45) is -2.72. The lowest BCUT2D eigenvalue weighted by atomic mass is 9.96. The van der Waals surface area contributed by atoms with Crippen LogP contribution in [0, 0.1) is 0 Å². The number of aliphatic hydroxyl groups is 5. The van der Waals surface area contributed by atoms with E-state index < -0.39 is 24.4 Å². The Morgan fingerprint density at radius 3 is 1.93 bits per heavy atom. The fourth-order valence-corrected chi connectivity index (χ4v) is 1.28. The van der Waals surface area contributed by atoms with Gasteiger partial charge >= 0.3 is 0 Å². The molecule has 0 aromatic carbocycles. The SMILES string of the molecule is NC(C(O)CCCO)C(O)C(O)CCO. The smallest absolute Gasteiger partial charge is 0.0975 e. The minimum atomic E-state index is -1.27. The van der Waals surface area contributed by atoms with Crippen molar-refractivity contribution in [3.63, 3.8) is 0 Å². The maximum atomic E-state index is 9.48. The summed E-state index contributed by atoms with van der Waals surface area (Å²) < 4.78 is 0. The fourth-order valence-electron chi connectivity index (χ4n) is 1.28. The fraction of sp³-hybridized carbons (Fsp3) is 1.00. The molecule has 15 heavy (non-hydrogen) atoms. The van der Waals surface area contributed by atoms with Gasteiger partial charge < -0.3 is 31.3 Å². The first kappa shape index (κ1) is 14.8. The summed E-state index contributed by atoms with van der Waals surface area (Å²) in [7, 11) is 0. The molecule has 0 saturated heterocycles. The Balaban J connectivity index is 3.99. The van der Waals surface area contributed by atoms with E-state index in [0.717, 1.165) is 0 Å². The second-order valence-corrected chi connectivity index (χ2v) is 3.58. The summed E-state index contributed by atoms with van der Waals surface area (Å²) in [5, 5.41) is 45.3. The van der Waals surface area contributed by atoms with Crippen molar-refractivity contribution in [2.75, 3.05) is 13.2 Å². The molecule has 0 radical (unpaired) electrons. The summed E-state index contributed by atoms with van der Waals surface area (Å²) in [6, 6.07) is -0.974. The van der Waals surface area contributed by atoms with Gasteiger partial charge in [-0.15, -0.1) is 0 Å². The Bertz CT molecular complexity index is 157. The van der Waals surface area contributed by atoms with Crippen LogP contribution in [0.5, 0.6) is 0 Å². The van der Waals surface area contributed by atoms with Gasteiger partial charge in [-0.25, -0.2) is 0 Å². The molecule has 0 heterocycles. The Hall–Kier alpha value is -0.240. The van der Waals surface area contributed by atoms with Crippen LogP contribution in [-0.2, 0) is 0 Å². The van der Waals surface area contributed by atoms with E-state index in [4.69, 9.17) is 15.9 Å².